The predicted molar refractivity (Wildman–Crippen MR) is 150 cm³/mol. The minimum absolute atomic E-state index is 0.196. The molecule has 0 bridgehead atoms. The Labute approximate surface area is 215 Å². The summed E-state index contributed by atoms with van der Waals surface area (Å²) in [4.78, 5) is 0. The van der Waals surface area contributed by atoms with Gasteiger partial charge in [0.25, 0.3) is 0 Å². The fraction of sp³-hybridized carbons (Fsp3) is 0.161. The Hall–Kier alpha value is -2.67. The molecule has 0 saturated carbocycles. The number of aliphatic hydroxyl groups is 1. The second-order valence-electron chi connectivity index (χ2n) is 8.43. The third kappa shape index (κ3) is 5.94. The summed E-state index contributed by atoms with van der Waals surface area (Å²) in [6, 6.07) is 39.8. The summed E-state index contributed by atoms with van der Waals surface area (Å²) in [5.74, 6) is 0. The number of rotatable bonds is 10. The number of benzene rings is 4. The van der Waals surface area contributed by atoms with Gasteiger partial charge in [0.2, 0.25) is 0 Å². The van der Waals surface area contributed by atoms with Crippen LogP contribution in [0.1, 0.15) is 31.7 Å². The van der Waals surface area contributed by atoms with Crippen LogP contribution in [0.25, 0.3) is 5.31 Å². The summed E-state index contributed by atoms with van der Waals surface area (Å²) < 4.78 is 17.6. The first kappa shape index (κ1) is 25.4. The molecule has 1 atom stereocenters. The molecule has 0 spiro atoms. The standard InChI is InChI=1S/C31H31O2PSe/c1-2-3-24-29(32)31(35-28-22-14-7-15-23-28)30(25-16-8-4-9-17-25)34(33,26-18-10-5-11-19-26)27-20-12-6-13-21-27/h4-23,29,32H,2-3,24H2,1H3/b31-30+. The Morgan fingerprint density at radius 2 is 1.20 bits per heavy atom. The van der Waals surface area contributed by atoms with Gasteiger partial charge in [-0.1, -0.05) is 0 Å². The SMILES string of the molecule is CCCCC(O)/C([Se]c1ccccc1)=C(/c1ccccc1)P(=O)(c1ccccc1)c1ccccc1. The van der Waals surface area contributed by atoms with Crippen molar-refractivity contribution in [3.63, 3.8) is 0 Å². The van der Waals surface area contributed by atoms with Crippen molar-refractivity contribution in [3.8, 4) is 0 Å². The molecule has 4 aromatic carbocycles. The van der Waals surface area contributed by atoms with Crippen molar-refractivity contribution in [2.24, 2.45) is 0 Å². The van der Waals surface area contributed by atoms with Gasteiger partial charge in [-0.15, -0.1) is 0 Å². The molecule has 178 valence electrons. The zero-order chi connectivity index (χ0) is 24.5. The molecule has 1 N–H and O–H groups in total. The first-order chi connectivity index (χ1) is 17.1. The number of unbranched alkanes of at least 4 members (excludes halogenated alkanes) is 1. The van der Waals surface area contributed by atoms with Gasteiger partial charge < -0.3 is 0 Å². The van der Waals surface area contributed by atoms with Crippen LogP contribution < -0.4 is 15.1 Å². The van der Waals surface area contributed by atoms with E-state index in [1.807, 2.05) is 109 Å². The van der Waals surface area contributed by atoms with Gasteiger partial charge in [-0.3, -0.25) is 0 Å². The van der Waals surface area contributed by atoms with Crippen molar-refractivity contribution in [1.82, 2.24) is 0 Å². The van der Waals surface area contributed by atoms with Gasteiger partial charge in [0.15, 0.2) is 0 Å². The van der Waals surface area contributed by atoms with E-state index in [9.17, 15) is 5.11 Å². The van der Waals surface area contributed by atoms with E-state index in [4.69, 9.17) is 0 Å². The van der Waals surface area contributed by atoms with Crippen LogP contribution >= 0.6 is 7.14 Å². The van der Waals surface area contributed by atoms with Gasteiger partial charge in [-0.05, 0) is 0 Å². The van der Waals surface area contributed by atoms with Crippen LogP contribution in [0.15, 0.2) is 126 Å². The molecule has 2 nitrogen and oxygen atoms in total. The van der Waals surface area contributed by atoms with Crippen molar-refractivity contribution in [2.45, 2.75) is 32.3 Å². The molecule has 0 fully saturated rings. The molecular weight excluding hydrogens is 514 g/mol. The van der Waals surface area contributed by atoms with E-state index in [0.717, 1.165) is 43.3 Å². The molecule has 0 aliphatic heterocycles. The Morgan fingerprint density at radius 3 is 1.69 bits per heavy atom. The molecule has 0 aliphatic rings. The Morgan fingerprint density at radius 1 is 0.743 bits per heavy atom. The molecule has 0 aromatic heterocycles. The summed E-state index contributed by atoms with van der Waals surface area (Å²) in [5.41, 5.74) is 0.909. The van der Waals surface area contributed by atoms with E-state index in [-0.39, 0.29) is 15.0 Å². The van der Waals surface area contributed by atoms with Crippen LogP contribution in [-0.2, 0) is 4.57 Å². The van der Waals surface area contributed by atoms with E-state index >= 15 is 4.57 Å². The maximum absolute atomic E-state index is 15.6. The van der Waals surface area contributed by atoms with Gasteiger partial charge in [0.1, 0.15) is 0 Å². The molecular formula is C31H31O2PSe. The van der Waals surface area contributed by atoms with Gasteiger partial charge in [-0.2, -0.15) is 0 Å². The molecule has 4 rings (SSSR count). The fourth-order valence-corrected chi connectivity index (χ4v) is 10.3. The summed E-state index contributed by atoms with van der Waals surface area (Å²) in [6.45, 7) is 2.13. The first-order valence-corrected chi connectivity index (χ1v) is 15.5. The van der Waals surface area contributed by atoms with Crippen molar-refractivity contribution < 1.29 is 9.67 Å². The molecule has 0 amide bonds. The van der Waals surface area contributed by atoms with E-state index < -0.39 is 13.2 Å². The van der Waals surface area contributed by atoms with Crippen LogP contribution in [0.4, 0.5) is 0 Å². The molecule has 4 heteroatoms. The topological polar surface area (TPSA) is 37.3 Å². The van der Waals surface area contributed by atoms with Gasteiger partial charge >= 0.3 is 216 Å². The van der Waals surface area contributed by atoms with Crippen molar-refractivity contribution in [2.75, 3.05) is 0 Å². The van der Waals surface area contributed by atoms with Crippen molar-refractivity contribution >= 4 is 42.5 Å². The van der Waals surface area contributed by atoms with Crippen LogP contribution in [0.5, 0.6) is 0 Å². The average molecular weight is 546 g/mol. The monoisotopic (exact) mass is 546 g/mol. The van der Waals surface area contributed by atoms with E-state index in [0.29, 0.717) is 6.42 Å². The van der Waals surface area contributed by atoms with Gasteiger partial charge in [0, 0.05) is 0 Å². The van der Waals surface area contributed by atoms with Crippen LogP contribution in [-0.4, -0.2) is 26.2 Å². The number of hydrogen-bond donors (Lipinski definition) is 1. The predicted octanol–water partition coefficient (Wildman–Crippen LogP) is 5.95. The molecule has 35 heavy (non-hydrogen) atoms. The van der Waals surface area contributed by atoms with Gasteiger partial charge in [-0.25, -0.2) is 0 Å². The summed E-state index contributed by atoms with van der Waals surface area (Å²) in [7, 11) is -3.30. The van der Waals surface area contributed by atoms with E-state index in [2.05, 4.69) is 19.1 Å². The quantitative estimate of drug-likeness (QED) is 0.198. The zero-order valence-electron chi connectivity index (χ0n) is 20.0. The summed E-state index contributed by atoms with van der Waals surface area (Å²) in [5, 5.41) is 14.0. The molecule has 4 aromatic rings. The summed E-state index contributed by atoms with van der Waals surface area (Å²) >= 11 is -0.196. The van der Waals surface area contributed by atoms with E-state index in [1.165, 1.54) is 0 Å². The Balaban J connectivity index is 2.07. The van der Waals surface area contributed by atoms with Crippen LogP contribution in [0.2, 0.25) is 0 Å². The Bertz CT molecular complexity index is 1230. The maximum atomic E-state index is 15.6. The van der Waals surface area contributed by atoms with E-state index in [1.54, 1.807) is 0 Å². The van der Waals surface area contributed by atoms with Crippen LogP contribution in [0.3, 0.4) is 0 Å². The van der Waals surface area contributed by atoms with Crippen LogP contribution in [0, 0.1) is 0 Å². The summed E-state index contributed by atoms with van der Waals surface area (Å²) in [6.07, 6.45) is 1.91. The van der Waals surface area contributed by atoms with Crippen molar-refractivity contribution in [1.29, 1.82) is 0 Å². The minimum atomic E-state index is -3.30. The third-order valence-corrected chi connectivity index (χ3v) is 12.0. The van der Waals surface area contributed by atoms with Gasteiger partial charge in [0.05, 0.1) is 0 Å². The second-order valence-corrected chi connectivity index (χ2v) is 13.5. The fourth-order valence-electron chi connectivity index (χ4n) is 4.18. The normalized spacial score (nSPS) is 13.2. The van der Waals surface area contributed by atoms with Crippen molar-refractivity contribution in [3.05, 3.63) is 131 Å². The molecule has 0 heterocycles. The third-order valence-electron chi connectivity index (χ3n) is 5.94. The zero-order valence-corrected chi connectivity index (χ0v) is 22.6. The second kappa shape index (κ2) is 12.3. The average Bonchev–Trinajstić information content (AvgIpc) is 2.93. The molecule has 0 aliphatic carbocycles. The molecule has 0 radical (unpaired) electrons. The Kier molecular flexibility index (Phi) is 8.96. The first-order valence-electron chi connectivity index (χ1n) is 12.1. The molecule has 0 saturated heterocycles. The number of aliphatic hydroxyl groups excluding tert-OH is 1. The number of hydrogen-bond acceptors (Lipinski definition) is 2. The molecule has 1 unspecified atom stereocenters.